The van der Waals surface area contributed by atoms with Crippen LogP contribution in [0.4, 0.5) is 10.5 Å². The Hall–Kier alpha value is -3.68. The van der Waals surface area contributed by atoms with Crippen molar-refractivity contribution in [2.24, 2.45) is 0 Å². The lowest BCUT2D eigenvalue weighted by atomic mass is 9.85. The van der Waals surface area contributed by atoms with Crippen LogP contribution < -0.4 is 16.0 Å². The van der Waals surface area contributed by atoms with Crippen LogP contribution >= 0.6 is 0 Å². The number of nitrogens with zero attached hydrogens (tertiary/aromatic N) is 1. The standard InChI is InChI=1S/C19H17N5O3/c25-16(21-14-7-6-12-11-20-24-15(12)10-14)8-9-19(13-4-2-1-3-5-13)17(26)22-18(27)23-19/h1-7,10-11H,8-9H2,(H,20,24)(H,21,25)(H2,22,23,26,27). The number of rotatable bonds is 5. The molecule has 1 fully saturated rings. The van der Waals surface area contributed by atoms with Crippen LogP contribution in [0.2, 0.25) is 0 Å². The molecule has 1 saturated heterocycles. The summed E-state index contributed by atoms with van der Waals surface area (Å²) in [6.45, 7) is 0. The highest BCUT2D eigenvalue weighted by atomic mass is 16.2. The maximum atomic E-state index is 12.5. The van der Waals surface area contributed by atoms with Gasteiger partial charge in [-0.2, -0.15) is 5.10 Å². The molecule has 2 heterocycles. The molecule has 8 heteroatoms. The summed E-state index contributed by atoms with van der Waals surface area (Å²) in [6.07, 6.45) is 1.91. The van der Waals surface area contributed by atoms with Gasteiger partial charge >= 0.3 is 6.03 Å². The molecule has 0 saturated carbocycles. The Kier molecular flexibility index (Phi) is 4.08. The summed E-state index contributed by atoms with van der Waals surface area (Å²) in [5.41, 5.74) is 0.838. The average Bonchev–Trinajstić information content (AvgIpc) is 3.24. The summed E-state index contributed by atoms with van der Waals surface area (Å²) < 4.78 is 0. The zero-order valence-corrected chi connectivity index (χ0v) is 14.3. The largest absolute Gasteiger partial charge is 0.326 e. The number of H-pyrrole nitrogens is 1. The first-order valence-corrected chi connectivity index (χ1v) is 8.49. The molecular formula is C19H17N5O3. The van der Waals surface area contributed by atoms with Gasteiger partial charge in [0.15, 0.2) is 0 Å². The van der Waals surface area contributed by atoms with Gasteiger partial charge < -0.3 is 10.6 Å². The van der Waals surface area contributed by atoms with Crippen LogP contribution in [0.15, 0.2) is 54.7 Å². The fourth-order valence-corrected chi connectivity index (χ4v) is 3.28. The third kappa shape index (κ3) is 3.12. The molecule has 1 aliphatic heterocycles. The van der Waals surface area contributed by atoms with Crippen LogP contribution in [0.25, 0.3) is 10.9 Å². The second kappa shape index (κ2) is 6.56. The first-order chi connectivity index (χ1) is 13.1. The van der Waals surface area contributed by atoms with E-state index in [1.54, 1.807) is 42.6 Å². The molecule has 0 bridgehead atoms. The lowest BCUT2D eigenvalue weighted by Gasteiger charge is -2.26. The number of urea groups is 1. The number of fused-ring (bicyclic) bond motifs is 1. The fourth-order valence-electron chi connectivity index (χ4n) is 3.28. The number of carbonyl (C=O) groups is 3. The molecule has 0 radical (unpaired) electrons. The molecular weight excluding hydrogens is 346 g/mol. The van der Waals surface area contributed by atoms with Crippen LogP contribution in [0.5, 0.6) is 0 Å². The van der Waals surface area contributed by atoms with E-state index in [4.69, 9.17) is 0 Å². The van der Waals surface area contributed by atoms with Crippen molar-refractivity contribution in [2.75, 3.05) is 5.32 Å². The second-order valence-electron chi connectivity index (χ2n) is 6.40. The van der Waals surface area contributed by atoms with Crippen molar-refractivity contribution >= 4 is 34.4 Å². The van der Waals surface area contributed by atoms with Gasteiger partial charge in [0.2, 0.25) is 5.91 Å². The minimum atomic E-state index is -1.25. The van der Waals surface area contributed by atoms with Crippen LogP contribution in [-0.4, -0.2) is 28.0 Å². The molecule has 2 aromatic carbocycles. The predicted molar refractivity (Wildman–Crippen MR) is 98.8 cm³/mol. The van der Waals surface area contributed by atoms with Crippen LogP contribution in [-0.2, 0) is 15.1 Å². The van der Waals surface area contributed by atoms with Crippen LogP contribution in [0.3, 0.4) is 0 Å². The van der Waals surface area contributed by atoms with Crippen molar-refractivity contribution in [1.82, 2.24) is 20.8 Å². The zero-order valence-electron chi connectivity index (χ0n) is 14.3. The molecule has 136 valence electrons. The molecule has 3 aromatic rings. The minimum Gasteiger partial charge on any atom is -0.326 e. The lowest BCUT2D eigenvalue weighted by molar-refractivity contribution is -0.125. The molecule has 4 rings (SSSR count). The van der Waals surface area contributed by atoms with E-state index in [9.17, 15) is 14.4 Å². The highest BCUT2D eigenvalue weighted by Crippen LogP contribution is 2.30. The maximum absolute atomic E-state index is 12.5. The number of aromatic amines is 1. The van der Waals surface area contributed by atoms with Gasteiger partial charge in [-0.25, -0.2) is 4.79 Å². The van der Waals surface area contributed by atoms with E-state index in [0.29, 0.717) is 11.3 Å². The Balaban J connectivity index is 1.50. The van der Waals surface area contributed by atoms with Crippen molar-refractivity contribution in [3.05, 3.63) is 60.3 Å². The molecule has 0 aliphatic carbocycles. The lowest BCUT2D eigenvalue weighted by Crippen LogP contribution is -2.44. The zero-order chi connectivity index (χ0) is 18.9. The van der Waals surface area contributed by atoms with Gasteiger partial charge in [0.1, 0.15) is 5.54 Å². The minimum absolute atomic E-state index is 0.0591. The first-order valence-electron chi connectivity index (χ1n) is 8.49. The number of carbonyl (C=O) groups excluding carboxylic acids is 3. The highest BCUT2D eigenvalue weighted by molar-refractivity contribution is 6.07. The maximum Gasteiger partial charge on any atom is 0.322 e. The molecule has 1 unspecified atom stereocenters. The summed E-state index contributed by atoms with van der Waals surface area (Å²) in [4.78, 5) is 36.6. The number of anilines is 1. The van der Waals surface area contributed by atoms with Gasteiger partial charge in [0.25, 0.3) is 5.91 Å². The topological polar surface area (TPSA) is 116 Å². The summed E-state index contributed by atoms with van der Waals surface area (Å²) in [7, 11) is 0. The Labute approximate surface area is 154 Å². The van der Waals surface area contributed by atoms with Gasteiger partial charge in [0.05, 0.1) is 11.7 Å². The molecule has 27 heavy (non-hydrogen) atoms. The van der Waals surface area contributed by atoms with Crippen LogP contribution in [0.1, 0.15) is 18.4 Å². The van der Waals surface area contributed by atoms with E-state index >= 15 is 0 Å². The third-order valence-corrected chi connectivity index (χ3v) is 4.66. The summed E-state index contributed by atoms with van der Waals surface area (Å²) in [5, 5.41) is 15.5. The van der Waals surface area contributed by atoms with E-state index in [1.165, 1.54) is 0 Å². The SMILES string of the molecule is O=C(CCC1(c2ccccc2)NC(=O)NC1=O)Nc1ccc2cn[nH]c2c1. The summed E-state index contributed by atoms with van der Waals surface area (Å²) >= 11 is 0. The number of amides is 4. The average molecular weight is 363 g/mol. The van der Waals surface area contributed by atoms with Crippen molar-refractivity contribution in [3.8, 4) is 0 Å². The predicted octanol–water partition coefficient (Wildman–Crippen LogP) is 2.02. The Morgan fingerprint density at radius 2 is 1.93 bits per heavy atom. The Morgan fingerprint density at radius 1 is 1.11 bits per heavy atom. The normalized spacial score (nSPS) is 19.0. The van der Waals surface area contributed by atoms with Gasteiger partial charge in [-0.1, -0.05) is 30.3 Å². The number of hydrogen-bond acceptors (Lipinski definition) is 4. The van der Waals surface area contributed by atoms with E-state index in [1.807, 2.05) is 12.1 Å². The van der Waals surface area contributed by atoms with Gasteiger partial charge in [-0.15, -0.1) is 0 Å². The highest BCUT2D eigenvalue weighted by Gasteiger charge is 2.47. The smallest absolute Gasteiger partial charge is 0.322 e. The van der Waals surface area contributed by atoms with E-state index < -0.39 is 17.5 Å². The van der Waals surface area contributed by atoms with Crippen molar-refractivity contribution in [1.29, 1.82) is 0 Å². The Bertz CT molecular complexity index is 1030. The molecule has 4 N–H and O–H groups in total. The van der Waals surface area contributed by atoms with E-state index in [-0.39, 0.29) is 18.7 Å². The molecule has 0 spiro atoms. The second-order valence-corrected chi connectivity index (χ2v) is 6.40. The van der Waals surface area contributed by atoms with Crippen molar-refractivity contribution in [3.63, 3.8) is 0 Å². The monoisotopic (exact) mass is 363 g/mol. The number of hydrogen-bond donors (Lipinski definition) is 4. The first kappa shape index (κ1) is 16.8. The van der Waals surface area contributed by atoms with Crippen LogP contribution in [0, 0.1) is 0 Å². The third-order valence-electron chi connectivity index (χ3n) is 4.66. The van der Waals surface area contributed by atoms with E-state index in [0.717, 1.165) is 10.9 Å². The summed E-state index contributed by atoms with van der Waals surface area (Å²) in [5.74, 6) is -0.705. The number of benzene rings is 2. The fraction of sp³-hybridized carbons (Fsp3) is 0.158. The molecule has 1 aromatic heterocycles. The molecule has 1 atom stereocenters. The van der Waals surface area contributed by atoms with Gasteiger partial charge in [0, 0.05) is 17.5 Å². The molecule has 8 nitrogen and oxygen atoms in total. The number of nitrogens with one attached hydrogen (secondary N) is 4. The van der Waals surface area contributed by atoms with Gasteiger partial charge in [-0.3, -0.25) is 20.0 Å². The number of aromatic nitrogens is 2. The van der Waals surface area contributed by atoms with Gasteiger partial charge in [-0.05, 0) is 30.2 Å². The van der Waals surface area contributed by atoms with Crippen molar-refractivity contribution in [2.45, 2.75) is 18.4 Å². The Morgan fingerprint density at radius 3 is 2.67 bits per heavy atom. The van der Waals surface area contributed by atoms with E-state index in [2.05, 4.69) is 26.1 Å². The summed E-state index contributed by atoms with van der Waals surface area (Å²) in [6, 6.07) is 13.8. The molecule has 4 amide bonds. The molecule has 1 aliphatic rings. The quantitative estimate of drug-likeness (QED) is 0.519. The van der Waals surface area contributed by atoms with Crippen molar-refractivity contribution < 1.29 is 14.4 Å². The number of imide groups is 1.